The van der Waals surface area contributed by atoms with E-state index in [1.807, 2.05) is 6.07 Å². The first kappa shape index (κ1) is 13.5. The molecule has 2 aromatic rings. The molecule has 0 saturated carbocycles. The Hall–Kier alpha value is -1.97. The molecule has 6 heteroatoms. The first-order chi connectivity index (χ1) is 8.98. The maximum atomic E-state index is 12.5. The van der Waals surface area contributed by atoms with Gasteiger partial charge in [0.2, 0.25) is 10.0 Å². The molecule has 0 aliphatic heterocycles. The van der Waals surface area contributed by atoms with Gasteiger partial charge in [0.1, 0.15) is 6.04 Å². The number of pyridine rings is 1. The van der Waals surface area contributed by atoms with Gasteiger partial charge in [0.15, 0.2) is 0 Å². The van der Waals surface area contributed by atoms with Crippen LogP contribution >= 0.6 is 0 Å². The fourth-order valence-corrected chi connectivity index (χ4v) is 3.22. The molecule has 0 amide bonds. The molecule has 0 unspecified atom stereocenters. The van der Waals surface area contributed by atoms with E-state index in [-0.39, 0.29) is 4.90 Å². The second kappa shape index (κ2) is 4.96. The quantitative estimate of drug-likeness (QED) is 0.855. The third kappa shape index (κ3) is 2.30. The monoisotopic (exact) mass is 275 g/mol. The van der Waals surface area contributed by atoms with Gasteiger partial charge in [-0.25, -0.2) is 8.42 Å². The summed E-state index contributed by atoms with van der Waals surface area (Å²) >= 11 is 0. The molecular formula is C13H13N3O2S. The zero-order chi connectivity index (χ0) is 14.0. The van der Waals surface area contributed by atoms with Gasteiger partial charge >= 0.3 is 0 Å². The first-order valence-electron chi connectivity index (χ1n) is 5.70. The zero-order valence-corrected chi connectivity index (χ0v) is 11.4. The van der Waals surface area contributed by atoms with Crippen LogP contribution in [0.15, 0.2) is 41.4 Å². The molecule has 0 saturated heterocycles. The van der Waals surface area contributed by atoms with Crippen LogP contribution in [0, 0.1) is 11.3 Å². The summed E-state index contributed by atoms with van der Waals surface area (Å²) in [6.07, 6.45) is 1.61. The fraction of sp³-hybridized carbons (Fsp3) is 0.231. The Morgan fingerprint density at radius 3 is 2.74 bits per heavy atom. The van der Waals surface area contributed by atoms with E-state index in [9.17, 15) is 8.42 Å². The van der Waals surface area contributed by atoms with Crippen LogP contribution < -0.4 is 0 Å². The van der Waals surface area contributed by atoms with Crippen LogP contribution in [-0.4, -0.2) is 30.8 Å². The van der Waals surface area contributed by atoms with Gasteiger partial charge in [-0.1, -0.05) is 6.07 Å². The number of hydrogen-bond acceptors (Lipinski definition) is 4. The van der Waals surface area contributed by atoms with E-state index in [0.717, 1.165) is 4.31 Å². The number of sulfonamides is 1. The predicted octanol–water partition coefficient (Wildman–Crippen LogP) is 1.77. The Kier molecular flexibility index (Phi) is 3.51. The third-order valence-electron chi connectivity index (χ3n) is 2.99. The van der Waals surface area contributed by atoms with Crippen LogP contribution in [0.4, 0.5) is 0 Å². The van der Waals surface area contributed by atoms with Crippen LogP contribution in [0.2, 0.25) is 0 Å². The first-order valence-corrected chi connectivity index (χ1v) is 7.14. The Balaban J connectivity index is 2.65. The highest BCUT2D eigenvalue weighted by molar-refractivity contribution is 7.89. The minimum absolute atomic E-state index is 0.169. The third-order valence-corrected chi connectivity index (χ3v) is 4.98. The van der Waals surface area contributed by atoms with E-state index in [1.165, 1.54) is 13.1 Å². The molecule has 0 N–H and O–H groups in total. The van der Waals surface area contributed by atoms with Crippen LogP contribution in [-0.2, 0) is 10.0 Å². The largest absolute Gasteiger partial charge is 0.256 e. The van der Waals surface area contributed by atoms with Crippen molar-refractivity contribution in [2.75, 3.05) is 7.05 Å². The summed E-state index contributed by atoms with van der Waals surface area (Å²) in [4.78, 5) is 4.30. The Bertz CT molecular complexity index is 745. The maximum Gasteiger partial charge on any atom is 0.244 e. The molecule has 5 nitrogen and oxygen atoms in total. The van der Waals surface area contributed by atoms with Gasteiger partial charge in [-0.2, -0.15) is 9.57 Å². The summed E-state index contributed by atoms with van der Waals surface area (Å²) < 4.78 is 26.1. The second-order valence-electron chi connectivity index (χ2n) is 4.15. The van der Waals surface area contributed by atoms with E-state index in [2.05, 4.69) is 4.98 Å². The number of nitrogens with zero attached hydrogens (tertiary/aromatic N) is 3. The Labute approximate surface area is 112 Å². The molecule has 98 valence electrons. The molecule has 1 aromatic heterocycles. The van der Waals surface area contributed by atoms with E-state index >= 15 is 0 Å². The van der Waals surface area contributed by atoms with Gasteiger partial charge in [-0.15, -0.1) is 0 Å². The summed E-state index contributed by atoms with van der Waals surface area (Å²) in [6.45, 7) is 1.54. The molecule has 0 aliphatic carbocycles. The predicted molar refractivity (Wildman–Crippen MR) is 71.8 cm³/mol. The average Bonchev–Trinajstić information content (AvgIpc) is 2.44. The summed E-state index contributed by atoms with van der Waals surface area (Å²) in [6, 6.07) is 9.52. The summed E-state index contributed by atoms with van der Waals surface area (Å²) in [5, 5.41) is 9.42. The van der Waals surface area contributed by atoms with Crippen molar-refractivity contribution in [3.8, 4) is 6.07 Å². The van der Waals surface area contributed by atoms with E-state index in [1.54, 1.807) is 37.4 Å². The second-order valence-corrected chi connectivity index (χ2v) is 6.12. The highest BCUT2D eigenvalue weighted by atomic mass is 32.2. The number of nitriles is 1. The van der Waals surface area contributed by atoms with E-state index in [4.69, 9.17) is 5.26 Å². The molecule has 0 bridgehead atoms. The molecular weight excluding hydrogens is 262 g/mol. The number of benzene rings is 1. The van der Waals surface area contributed by atoms with Crippen molar-refractivity contribution in [1.29, 1.82) is 5.26 Å². The van der Waals surface area contributed by atoms with Crippen molar-refractivity contribution in [3.63, 3.8) is 0 Å². The zero-order valence-electron chi connectivity index (χ0n) is 10.6. The molecule has 1 heterocycles. The molecule has 19 heavy (non-hydrogen) atoms. The van der Waals surface area contributed by atoms with Gasteiger partial charge < -0.3 is 0 Å². The summed E-state index contributed by atoms with van der Waals surface area (Å²) in [7, 11) is -2.30. The van der Waals surface area contributed by atoms with E-state index < -0.39 is 16.1 Å². The van der Waals surface area contributed by atoms with Crippen molar-refractivity contribution in [2.24, 2.45) is 0 Å². The van der Waals surface area contributed by atoms with Crippen molar-refractivity contribution < 1.29 is 8.42 Å². The normalized spacial score (nSPS) is 13.4. The highest BCUT2D eigenvalue weighted by Crippen LogP contribution is 2.24. The molecule has 0 radical (unpaired) electrons. The van der Waals surface area contributed by atoms with Crippen LogP contribution in [0.5, 0.6) is 0 Å². The number of hydrogen-bond donors (Lipinski definition) is 0. The van der Waals surface area contributed by atoms with Gasteiger partial charge in [0, 0.05) is 18.6 Å². The van der Waals surface area contributed by atoms with Crippen molar-refractivity contribution in [3.05, 3.63) is 36.5 Å². The average molecular weight is 275 g/mol. The Morgan fingerprint density at radius 2 is 2.05 bits per heavy atom. The molecule has 1 aromatic carbocycles. The van der Waals surface area contributed by atoms with Crippen LogP contribution in [0.25, 0.3) is 10.9 Å². The smallest absolute Gasteiger partial charge is 0.244 e. The minimum Gasteiger partial charge on any atom is -0.256 e. The van der Waals surface area contributed by atoms with Crippen molar-refractivity contribution in [2.45, 2.75) is 17.9 Å². The number of fused-ring (bicyclic) bond motifs is 1. The molecule has 0 fully saturated rings. The van der Waals surface area contributed by atoms with Crippen molar-refractivity contribution in [1.82, 2.24) is 9.29 Å². The van der Waals surface area contributed by atoms with Crippen LogP contribution in [0.1, 0.15) is 6.92 Å². The lowest BCUT2D eigenvalue weighted by Crippen LogP contribution is -2.34. The minimum atomic E-state index is -3.71. The lowest BCUT2D eigenvalue weighted by molar-refractivity contribution is 0.442. The highest BCUT2D eigenvalue weighted by Gasteiger charge is 2.26. The summed E-state index contributed by atoms with van der Waals surface area (Å²) in [5.74, 6) is 0. The van der Waals surface area contributed by atoms with Crippen molar-refractivity contribution >= 4 is 20.9 Å². The van der Waals surface area contributed by atoms with Gasteiger partial charge in [0.05, 0.1) is 16.5 Å². The number of rotatable bonds is 3. The lowest BCUT2D eigenvalue weighted by atomic mass is 10.2. The van der Waals surface area contributed by atoms with Crippen LogP contribution in [0.3, 0.4) is 0 Å². The summed E-state index contributed by atoms with van der Waals surface area (Å²) in [5.41, 5.74) is 0.613. The molecule has 2 rings (SSSR count). The maximum absolute atomic E-state index is 12.5. The standard InChI is InChI=1S/C13H13N3O2S/c1-10(9-14)16(2)19(17,18)13-7-3-6-12-11(13)5-4-8-15-12/h3-8,10H,1-2H3/t10-/m0/s1. The van der Waals surface area contributed by atoms with Gasteiger partial charge in [0.25, 0.3) is 0 Å². The number of aromatic nitrogens is 1. The van der Waals surface area contributed by atoms with Gasteiger partial charge in [-0.05, 0) is 31.2 Å². The fourth-order valence-electron chi connectivity index (χ4n) is 1.74. The Morgan fingerprint density at radius 1 is 1.32 bits per heavy atom. The molecule has 0 spiro atoms. The topological polar surface area (TPSA) is 74.1 Å². The lowest BCUT2D eigenvalue weighted by Gasteiger charge is -2.19. The SMILES string of the molecule is C[C@@H](C#N)N(C)S(=O)(=O)c1cccc2ncccc12. The van der Waals surface area contributed by atoms with Gasteiger partial charge in [-0.3, -0.25) is 4.98 Å². The molecule has 0 aliphatic rings. The molecule has 1 atom stereocenters. The van der Waals surface area contributed by atoms with E-state index in [0.29, 0.717) is 10.9 Å².